The minimum Gasteiger partial charge on any atom is -0.462 e. The van der Waals surface area contributed by atoms with Crippen LogP contribution < -0.4 is 0 Å². The molecular formula is C20H21NO2. The lowest BCUT2D eigenvalue weighted by molar-refractivity contribution is 0.0524. The van der Waals surface area contributed by atoms with Gasteiger partial charge < -0.3 is 4.74 Å². The first-order valence-corrected chi connectivity index (χ1v) is 8.20. The van der Waals surface area contributed by atoms with Gasteiger partial charge in [0.05, 0.1) is 17.9 Å². The summed E-state index contributed by atoms with van der Waals surface area (Å²) in [6.07, 6.45) is 9.96. The van der Waals surface area contributed by atoms with Gasteiger partial charge in [-0.15, -0.1) is 0 Å². The summed E-state index contributed by atoms with van der Waals surface area (Å²) >= 11 is 0. The highest BCUT2D eigenvalue weighted by molar-refractivity contribution is 5.91. The third-order valence-corrected chi connectivity index (χ3v) is 4.16. The van der Waals surface area contributed by atoms with Crippen LogP contribution in [0.3, 0.4) is 0 Å². The average molecular weight is 307 g/mol. The van der Waals surface area contributed by atoms with E-state index in [9.17, 15) is 4.79 Å². The second-order valence-electron chi connectivity index (χ2n) is 5.69. The molecule has 0 spiro atoms. The Kier molecular flexibility index (Phi) is 4.86. The van der Waals surface area contributed by atoms with Gasteiger partial charge in [-0.1, -0.05) is 36.4 Å². The minimum absolute atomic E-state index is 0.253. The monoisotopic (exact) mass is 307 g/mol. The van der Waals surface area contributed by atoms with Gasteiger partial charge in [-0.3, -0.25) is 4.98 Å². The van der Waals surface area contributed by atoms with E-state index in [1.54, 1.807) is 6.20 Å². The largest absolute Gasteiger partial charge is 0.462 e. The molecule has 1 aliphatic carbocycles. The van der Waals surface area contributed by atoms with Crippen LogP contribution in [0.4, 0.5) is 0 Å². The fourth-order valence-corrected chi connectivity index (χ4v) is 3.04. The molecule has 3 heteroatoms. The van der Waals surface area contributed by atoms with Crippen molar-refractivity contribution in [3.63, 3.8) is 0 Å². The molecule has 3 nitrogen and oxygen atoms in total. The van der Waals surface area contributed by atoms with Crippen molar-refractivity contribution in [2.24, 2.45) is 0 Å². The first-order chi connectivity index (χ1) is 11.3. The Bertz CT molecular complexity index is 720. The Morgan fingerprint density at radius 2 is 1.87 bits per heavy atom. The number of pyridine rings is 1. The standard InChI is InChI=1S/C20H21NO2/c1-2-23-20(22)18-14-21-19(17-11-7-6-10-16(17)18)13-12-15-8-4-3-5-9-15/h3-5,8-9,12-14H,2,6-7,10-11H2,1H3/b13-12+. The van der Waals surface area contributed by atoms with Crippen molar-refractivity contribution < 1.29 is 9.53 Å². The van der Waals surface area contributed by atoms with Crippen LogP contribution in [0.5, 0.6) is 0 Å². The molecule has 0 atom stereocenters. The van der Waals surface area contributed by atoms with Gasteiger partial charge in [0.1, 0.15) is 0 Å². The number of rotatable bonds is 4. The highest BCUT2D eigenvalue weighted by atomic mass is 16.5. The van der Waals surface area contributed by atoms with Crippen molar-refractivity contribution >= 4 is 18.1 Å². The number of fused-ring (bicyclic) bond motifs is 1. The summed E-state index contributed by atoms with van der Waals surface area (Å²) in [5, 5.41) is 0. The summed E-state index contributed by atoms with van der Waals surface area (Å²) in [6, 6.07) is 10.2. The van der Waals surface area contributed by atoms with Gasteiger partial charge in [0.2, 0.25) is 0 Å². The number of carbonyl (C=O) groups excluding carboxylic acids is 1. The third-order valence-electron chi connectivity index (χ3n) is 4.16. The molecule has 0 fully saturated rings. The predicted molar refractivity (Wildman–Crippen MR) is 92.2 cm³/mol. The van der Waals surface area contributed by atoms with E-state index in [0.29, 0.717) is 12.2 Å². The summed E-state index contributed by atoms with van der Waals surface area (Å²) in [4.78, 5) is 16.6. The number of ether oxygens (including phenoxy) is 1. The molecule has 118 valence electrons. The van der Waals surface area contributed by atoms with Crippen molar-refractivity contribution in [3.05, 3.63) is 64.5 Å². The van der Waals surface area contributed by atoms with Crippen molar-refractivity contribution in [1.29, 1.82) is 0 Å². The number of hydrogen-bond acceptors (Lipinski definition) is 3. The molecule has 0 aliphatic heterocycles. The van der Waals surface area contributed by atoms with Crippen LogP contribution in [-0.2, 0) is 17.6 Å². The molecule has 1 aromatic carbocycles. The Hall–Kier alpha value is -2.42. The first kappa shape index (κ1) is 15.5. The zero-order valence-electron chi connectivity index (χ0n) is 13.4. The number of aromatic nitrogens is 1. The summed E-state index contributed by atoms with van der Waals surface area (Å²) in [5.74, 6) is -0.253. The molecule has 0 amide bonds. The molecule has 0 saturated carbocycles. The average Bonchev–Trinajstić information content (AvgIpc) is 2.60. The van der Waals surface area contributed by atoms with Gasteiger partial charge in [-0.05, 0) is 55.4 Å². The van der Waals surface area contributed by atoms with Gasteiger partial charge in [-0.25, -0.2) is 4.79 Å². The maximum Gasteiger partial charge on any atom is 0.339 e. The number of carbonyl (C=O) groups is 1. The molecule has 0 bridgehead atoms. The zero-order valence-corrected chi connectivity index (χ0v) is 13.4. The molecule has 1 aliphatic rings. The normalized spacial score (nSPS) is 13.8. The molecule has 0 saturated heterocycles. The van der Waals surface area contributed by atoms with E-state index >= 15 is 0 Å². The third kappa shape index (κ3) is 3.50. The SMILES string of the molecule is CCOC(=O)c1cnc(/C=C/c2ccccc2)c2c1CCCC2. The van der Waals surface area contributed by atoms with Gasteiger partial charge >= 0.3 is 5.97 Å². The number of benzene rings is 1. The first-order valence-electron chi connectivity index (χ1n) is 8.20. The lowest BCUT2D eigenvalue weighted by Crippen LogP contribution is -2.15. The number of esters is 1. The van der Waals surface area contributed by atoms with E-state index in [1.807, 2.05) is 25.1 Å². The van der Waals surface area contributed by atoms with E-state index in [2.05, 4.69) is 29.3 Å². The van der Waals surface area contributed by atoms with Crippen LogP contribution >= 0.6 is 0 Å². The Morgan fingerprint density at radius 1 is 1.13 bits per heavy atom. The van der Waals surface area contributed by atoms with E-state index in [4.69, 9.17) is 4.74 Å². The highest BCUT2D eigenvalue weighted by Crippen LogP contribution is 2.28. The van der Waals surface area contributed by atoms with Crippen molar-refractivity contribution in [1.82, 2.24) is 4.98 Å². The van der Waals surface area contributed by atoms with Crippen LogP contribution in [0.1, 0.15) is 52.5 Å². The molecule has 2 aromatic rings. The van der Waals surface area contributed by atoms with Crippen LogP contribution in [0.2, 0.25) is 0 Å². The van der Waals surface area contributed by atoms with Gasteiger partial charge in [0, 0.05) is 6.20 Å². The fraction of sp³-hybridized carbons (Fsp3) is 0.300. The second-order valence-corrected chi connectivity index (χ2v) is 5.69. The molecule has 23 heavy (non-hydrogen) atoms. The van der Waals surface area contributed by atoms with E-state index in [-0.39, 0.29) is 5.97 Å². The Morgan fingerprint density at radius 3 is 2.61 bits per heavy atom. The molecule has 0 unspecified atom stereocenters. The van der Waals surface area contributed by atoms with Crippen molar-refractivity contribution in [2.45, 2.75) is 32.6 Å². The summed E-state index contributed by atoms with van der Waals surface area (Å²) in [6.45, 7) is 2.22. The fourth-order valence-electron chi connectivity index (χ4n) is 3.04. The van der Waals surface area contributed by atoms with Gasteiger partial charge in [0.15, 0.2) is 0 Å². The van der Waals surface area contributed by atoms with E-state index in [0.717, 1.165) is 42.5 Å². The molecular weight excluding hydrogens is 286 g/mol. The van der Waals surface area contributed by atoms with Crippen LogP contribution in [0.15, 0.2) is 36.5 Å². The predicted octanol–water partition coefficient (Wildman–Crippen LogP) is 4.31. The van der Waals surface area contributed by atoms with Crippen LogP contribution in [0.25, 0.3) is 12.2 Å². The second kappa shape index (κ2) is 7.23. The summed E-state index contributed by atoms with van der Waals surface area (Å²) in [5.41, 5.74) is 5.08. The van der Waals surface area contributed by atoms with Gasteiger partial charge in [-0.2, -0.15) is 0 Å². The van der Waals surface area contributed by atoms with Crippen LogP contribution in [-0.4, -0.2) is 17.6 Å². The maximum atomic E-state index is 12.1. The van der Waals surface area contributed by atoms with E-state index < -0.39 is 0 Å². The van der Waals surface area contributed by atoms with Crippen molar-refractivity contribution in [3.8, 4) is 0 Å². The minimum atomic E-state index is -0.253. The Labute approximate surface area is 137 Å². The molecule has 3 rings (SSSR count). The lowest BCUT2D eigenvalue weighted by atomic mass is 9.87. The topological polar surface area (TPSA) is 39.2 Å². The quantitative estimate of drug-likeness (QED) is 0.790. The van der Waals surface area contributed by atoms with E-state index in [1.165, 1.54) is 5.56 Å². The maximum absolute atomic E-state index is 12.1. The smallest absolute Gasteiger partial charge is 0.339 e. The van der Waals surface area contributed by atoms with Crippen LogP contribution in [0, 0.1) is 0 Å². The number of nitrogens with zero attached hydrogens (tertiary/aromatic N) is 1. The van der Waals surface area contributed by atoms with Gasteiger partial charge in [0.25, 0.3) is 0 Å². The highest BCUT2D eigenvalue weighted by Gasteiger charge is 2.21. The molecule has 0 N–H and O–H groups in total. The Balaban J connectivity index is 1.96. The molecule has 0 radical (unpaired) electrons. The molecule has 1 aromatic heterocycles. The summed E-state index contributed by atoms with van der Waals surface area (Å²) in [7, 11) is 0. The lowest BCUT2D eigenvalue weighted by Gasteiger charge is -2.20. The van der Waals surface area contributed by atoms with Crippen molar-refractivity contribution in [2.75, 3.05) is 6.61 Å². The number of hydrogen-bond donors (Lipinski definition) is 0. The zero-order chi connectivity index (χ0) is 16.1. The summed E-state index contributed by atoms with van der Waals surface area (Å²) < 4.78 is 5.17. The molecule has 1 heterocycles.